The van der Waals surface area contributed by atoms with Crippen LogP contribution in [0.25, 0.3) is 0 Å². The zero-order valence-electron chi connectivity index (χ0n) is 20.4. The molecule has 0 spiro atoms. The maximum Gasteiger partial charge on any atom is 0.211 e. The highest BCUT2D eigenvalue weighted by Gasteiger charge is 2.43. The van der Waals surface area contributed by atoms with Crippen molar-refractivity contribution in [3.8, 4) is 5.75 Å². The molecule has 10 heteroatoms. The Labute approximate surface area is 234 Å². The molecule has 37 heavy (non-hydrogen) atoms. The number of fused-ring (bicyclic) bond motifs is 1. The fourth-order valence-electron chi connectivity index (χ4n) is 4.61. The number of sulfonamides is 1. The Hall–Kier alpha value is -1.84. The number of halogens is 3. The van der Waals surface area contributed by atoms with Gasteiger partial charge in [0.05, 0.1) is 11.8 Å². The normalized spacial score (nSPS) is 15.5. The number of benzene rings is 3. The summed E-state index contributed by atoms with van der Waals surface area (Å²) >= 11 is 12.3. The minimum Gasteiger partial charge on any atom is -0.492 e. The maximum atomic E-state index is 12.4. The minimum absolute atomic E-state index is 0. The molecule has 1 heterocycles. The van der Waals surface area contributed by atoms with Gasteiger partial charge < -0.3 is 15.2 Å². The SMILES string of the molecule is CCCS(=O)(=O)NCCOc1ccc2c(c1)C(C(O)(c1ccc(Cl)cc1)c1ccc(Cl)cc1)NCC2.Cl. The van der Waals surface area contributed by atoms with Gasteiger partial charge in [0.2, 0.25) is 10.0 Å². The van der Waals surface area contributed by atoms with Crippen LogP contribution in [0.4, 0.5) is 0 Å². The monoisotopic (exact) mass is 584 g/mol. The van der Waals surface area contributed by atoms with Crippen molar-refractivity contribution in [2.75, 3.05) is 25.4 Å². The molecule has 1 unspecified atom stereocenters. The van der Waals surface area contributed by atoms with Crippen LogP contribution in [0.2, 0.25) is 10.0 Å². The highest BCUT2D eigenvalue weighted by molar-refractivity contribution is 7.89. The van der Waals surface area contributed by atoms with E-state index in [0.717, 1.165) is 17.5 Å². The van der Waals surface area contributed by atoms with E-state index in [1.165, 1.54) is 0 Å². The zero-order chi connectivity index (χ0) is 25.8. The van der Waals surface area contributed by atoms with Crippen molar-refractivity contribution in [1.29, 1.82) is 0 Å². The Morgan fingerprint density at radius 2 is 1.62 bits per heavy atom. The lowest BCUT2D eigenvalue weighted by Crippen LogP contribution is -2.46. The standard InChI is InChI=1S/C27H30Cl2N2O4S.ClH/c1-2-17-36(33,34)31-15-16-35-24-12-3-19-13-14-30-26(25(19)18-24)27(32,20-4-8-22(28)9-5-20)21-6-10-23(29)11-7-21;/h3-12,18,26,30-32H,2,13-17H2,1H3;1H. The largest absolute Gasteiger partial charge is 0.492 e. The van der Waals surface area contributed by atoms with Crippen molar-refractivity contribution in [3.63, 3.8) is 0 Å². The predicted octanol–water partition coefficient (Wildman–Crippen LogP) is 5.25. The van der Waals surface area contributed by atoms with Crippen molar-refractivity contribution in [2.24, 2.45) is 0 Å². The minimum atomic E-state index is -3.29. The molecule has 1 atom stereocenters. The van der Waals surface area contributed by atoms with Gasteiger partial charge in [-0.2, -0.15) is 0 Å². The second kappa shape index (κ2) is 12.8. The molecule has 0 fully saturated rings. The van der Waals surface area contributed by atoms with Gasteiger partial charge in [-0.15, -0.1) is 12.4 Å². The summed E-state index contributed by atoms with van der Waals surface area (Å²) in [5.41, 5.74) is 1.99. The smallest absolute Gasteiger partial charge is 0.211 e. The van der Waals surface area contributed by atoms with E-state index in [1.54, 1.807) is 24.3 Å². The number of aliphatic hydroxyl groups is 1. The van der Waals surface area contributed by atoms with Crippen LogP contribution in [0, 0.1) is 0 Å². The molecule has 3 aromatic carbocycles. The Bertz CT molecular complexity index is 1240. The van der Waals surface area contributed by atoms with E-state index < -0.39 is 21.7 Å². The molecule has 0 saturated carbocycles. The van der Waals surface area contributed by atoms with Gasteiger partial charge in [0.25, 0.3) is 0 Å². The van der Waals surface area contributed by atoms with Gasteiger partial charge in [0.1, 0.15) is 18.0 Å². The fourth-order valence-corrected chi connectivity index (χ4v) is 5.94. The van der Waals surface area contributed by atoms with Gasteiger partial charge in [0, 0.05) is 16.6 Å². The first-order valence-electron chi connectivity index (χ1n) is 11.9. The molecule has 0 saturated heterocycles. The summed E-state index contributed by atoms with van der Waals surface area (Å²) in [6, 6.07) is 19.7. The lowest BCUT2D eigenvalue weighted by molar-refractivity contribution is 0.0338. The van der Waals surface area contributed by atoms with Crippen molar-refractivity contribution in [1.82, 2.24) is 10.0 Å². The third-order valence-corrected chi connectivity index (χ3v) is 8.42. The van der Waals surface area contributed by atoms with Gasteiger partial charge in [-0.05, 0) is 78.0 Å². The van der Waals surface area contributed by atoms with Crippen LogP contribution in [-0.2, 0) is 22.0 Å². The molecule has 0 amide bonds. The summed E-state index contributed by atoms with van der Waals surface area (Å²) < 4.78 is 32.2. The van der Waals surface area contributed by atoms with Crippen LogP contribution in [0.15, 0.2) is 66.7 Å². The molecule has 0 radical (unpaired) electrons. The summed E-state index contributed by atoms with van der Waals surface area (Å²) in [7, 11) is -3.29. The molecule has 0 aliphatic carbocycles. The third kappa shape index (κ3) is 6.98. The van der Waals surface area contributed by atoms with E-state index in [4.69, 9.17) is 27.9 Å². The molecular weight excluding hydrogens is 555 g/mol. The number of hydrogen-bond acceptors (Lipinski definition) is 5. The number of nitrogens with one attached hydrogen (secondary N) is 2. The molecule has 0 aromatic heterocycles. The average molecular weight is 586 g/mol. The first kappa shape index (κ1) is 29.7. The highest BCUT2D eigenvalue weighted by atomic mass is 35.5. The zero-order valence-corrected chi connectivity index (χ0v) is 23.6. The van der Waals surface area contributed by atoms with E-state index in [1.807, 2.05) is 49.4 Å². The molecule has 0 bridgehead atoms. The Kier molecular flexibility index (Phi) is 10.3. The molecule has 6 nitrogen and oxygen atoms in total. The van der Waals surface area contributed by atoms with Gasteiger partial charge in [0.15, 0.2) is 0 Å². The van der Waals surface area contributed by atoms with Crippen LogP contribution in [0.1, 0.15) is 41.6 Å². The van der Waals surface area contributed by atoms with E-state index >= 15 is 0 Å². The van der Waals surface area contributed by atoms with Crippen LogP contribution < -0.4 is 14.8 Å². The first-order chi connectivity index (χ1) is 17.2. The number of rotatable bonds is 10. The maximum absolute atomic E-state index is 12.4. The second-order valence-corrected chi connectivity index (χ2v) is 11.6. The van der Waals surface area contributed by atoms with Gasteiger partial charge in [-0.3, -0.25) is 0 Å². The summed E-state index contributed by atoms with van der Waals surface area (Å²) in [6.45, 7) is 2.89. The molecule has 1 aliphatic rings. The highest BCUT2D eigenvalue weighted by Crippen LogP contribution is 2.44. The Morgan fingerprint density at radius 1 is 1.03 bits per heavy atom. The molecule has 4 rings (SSSR count). The molecule has 200 valence electrons. The molecular formula is C27H31Cl3N2O4S. The summed E-state index contributed by atoms with van der Waals surface area (Å²) in [4.78, 5) is 0. The molecule has 3 N–H and O–H groups in total. The van der Waals surface area contributed by atoms with Crippen LogP contribution >= 0.6 is 35.6 Å². The lowest BCUT2D eigenvalue weighted by atomic mass is 9.74. The third-order valence-electron chi connectivity index (χ3n) is 6.32. The summed E-state index contributed by atoms with van der Waals surface area (Å²) in [5.74, 6) is 0.694. The van der Waals surface area contributed by atoms with Gasteiger partial charge in [-0.1, -0.05) is 60.5 Å². The Morgan fingerprint density at radius 3 is 2.19 bits per heavy atom. The van der Waals surface area contributed by atoms with Crippen LogP contribution in [-0.4, -0.2) is 39.0 Å². The van der Waals surface area contributed by atoms with Gasteiger partial charge >= 0.3 is 0 Å². The van der Waals surface area contributed by atoms with Crippen molar-refractivity contribution in [2.45, 2.75) is 31.4 Å². The van der Waals surface area contributed by atoms with E-state index in [9.17, 15) is 13.5 Å². The van der Waals surface area contributed by atoms with E-state index in [2.05, 4.69) is 10.0 Å². The number of hydrogen-bond donors (Lipinski definition) is 3. The molecule has 3 aromatic rings. The van der Waals surface area contributed by atoms with Crippen LogP contribution in [0.3, 0.4) is 0 Å². The fraction of sp³-hybridized carbons (Fsp3) is 0.333. The quantitative estimate of drug-likeness (QED) is 0.283. The lowest BCUT2D eigenvalue weighted by Gasteiger charge is -2.41. The average Bonchev–Trinajstić information content (AvgIpc) is 2.86. The van der Waals surface area contributed by atoms with Crippen molar-refractivity contribution in [3.05, 3.63) is 99.0 Å². The Balaban J connectivity index is 0.00000380. The topological polar surface area (TPSA) is 87.7 Å². The number of ether oxygens (including phenoxy) is 1. The summed E-state index contributed by atoms with van der Waals surface area (Å²) in [5, 5.41) is 17.1. The van der Waals surface area contributed by atoms with Gasteiger partial charge in [-0.25, -0.2) is 13.1 Å². The molecule has 1 aliphatic heterocycles. The van der Waals surface area contributed by atoms with E-state index in [-0.39, 0.29) is 31.3 Å². The first-order valence-corrected chi connectivity index (χ1v) is 14.3. The van der Waals surface area contributed by atoms with Crippen molar-refractivity contribution < 1.29 is 18.3 Å². The van der Waals surface area contributed by atoms with E-state index in [0.29, 0.717) is 39.9 Å². The van der Waals surface area contributed by atoms with Crippen molar-refractivity contribution >= 4 is 45.6 Å². The van der Waals surface area contributed by atoms with Crippen LogP contribution in [0.5, 0.6) is 5.75 Å². The predicted molar refractivity (Wildman–Crippen MR) is 152 cm³/mol. The second-order valence-electron chi connectivity index (χ2n) is 8.84. The summed E-state index contributed by atoms with van der Waals surface area (Å²) in [6.07, 6.45) is 1.36.